The predicted octanol–water partition coefficient (Wildman–Crippen LogP) is -0.837. The molecule has 4 N–H and O–H groups in total. The molecule has 3 rings (SSSR count). The summed E-state index contributed by atoms with van der Waals surface area (Å²) in [4.78, 5) is 36.1. The van der Waals surface area contributed by atoms with Gasteiger partial charge in [0.15, 0.2) is 17.4 Å². The lowest BCUT2D eigenvalue weighted by Crippen LogP contribution is -2.21. The van der Waals surface area contributed by atoms with Crippen LogP contribution in [0.1, 0.15) is 18.5 Å². The van der Waals surface area contributed by atoms with E-state index in [1.54, 1.807) is 6.92 Å². The predicted molar refractivity (Wildman–Crippen MR) is 76.4 cm³/mol. The van der Waals surface area contributed by atoms with E-state index in [0.717, 1.165) is 5.82 Å². The summed E-state index contributed by atoms with van der Waals surface area (Å²) in [5, 5.41) is 17.6. The van der Waals surface area contributed by atoms with Crippen molar-refractivity contribution in [2.24, 2.45) is 0 Å². The first kappa shape index (κ1) is 16.0. The van der Waals surface area contributed by atoms with Crippen LogP contribution >= 0.6 is 7.60 Å². The third kappa shape index (κ3) is 3.23. The summed E-state index contributed by atoms with van der Waals surface area (Å²) in [6, 6.07) is 0. The Morgan fingerprint density at radius 1 is 1.48 bits per heavy atom. The van der Waals surface area contributed by atoms with E-state index in [-0.39, 0.29) is 17.6 Å². The zero-order valence-corrected chi connectivity index (χ0v) is 12.8. The number of H-pyrrole nitrogens is 1. The second-order valence-electron chi connectivity index (χ2n) is 5.16. The van der Waals surface area contributed by atoms with Crippen LogP contribution in [0.2, 0.25) is 0 Å². The highest BCUT2D eigenvalue weighted by Crippen LogP contribution is 2.38. The zero-order chi connectivity index (χ0) is 16.8. The van der Waals surface area contributed by atoms with Gasteiger partial charge >= 0.3 is 7.60 Å². The molecule has 1 aliphatic heterocycles. The molecule has 1 saturated heterocycles. The highest BCUT2D eigenvalue weighted by Gasteiger charge is 2.36. The summed E-state index contributed by atoms with van der Waals surface area (Å²) in [5.41, 5.74) is -0.278. The van der Waals surface area contributed by atoms with Crippen molar-refractivity contribution in [3.8, 4) is 0 Å². The summed E-state index contributed by atoms with van der Waals surface area (Å²) in [7, 11) is -4.30. The van der Waals surface area contributed by atoms with E-state index < -0.39 is 31.6 Å². The summed E-state index contributed by atoms with van der Waals surface area (Å²) < 4.78 is 17.6. The molecule has 0 saturated carbocycles. The first-order valence-electron chi connectivity index (χ1n) is 6.64. The number of aromatic amines is 1. The Kier molecular flexibility index (Phi) is 3.90. The van der Waals surface area contributed by atoms with E-state index in [1.807, 2.05) is 0 Å². The van der Waals surface area contributed by atoms with Crippen LogP contribution in [0.15, 0.2) is 16.7 Å². The lowest BCUT2D eigenvalue weighted by atomic mass is 10.2. The number of nitrogens with zero attached hydrogens (tertiary/aromatic N) is 4. The van der Waals surface area contributed by atoms with Crippen LogP contribution in [0, 0.1) is 6.92 Å². The quantitative estimate of drug-likeness (QED) is 0.520. The van der Waals surface area contributed by atoms with E-state index in [0.29, 0.717) is 5.82 Å². The SMILES string of the molecule is Cc1nc2c(nnn2[C@@H]2O[C@H](/C=C/P(=O)(O)O)C[C@H]2O)c(=O)[nH]1. The summed E-state index contributed by atoms with van der Waals surface area (Å²) >= 11 is 0. The van der Waals surface area contributed by atoms with E-state index >= 15 is 0 Å². The van der Waals surface area contributed by atoms with Crippen molar-refractivity contribution in [1.82, 2.24) is 25.0 Å². The van der Waals surface area contributed by atoms with Gasteiger partial charge in [-0.2, -0.15) is 4.68 Å². The second kappa shape index (κ2) is 5.62. The molecule has 0 amide bonds. The van der Waals surface area contributed by atoms with Crippen LogP contribution in [-0.4, -0.2) is 52.1 Å². The lowest BCUT2D eigenvalue weighted by molar-refractivity contribution is -0.0313. The van der Waals surface area contributed by atoms with Gasteiger partial charge in [0.25, 0.3) is 5.56 Å². The molecule has 1 fully saturated rings. The fourth-order valence-electron chi connectivity index (χ4n) is 2.35. The topological polar surface area (TPSA) is 163 Å². The van der Waals surface area contributed by atoms with Gasteiger partial charge in [0.05, 0.1) is 6.10 Å². The Morgan fingerprint density at radius 2 is 2.22 bits per heavy atom. The Hall–Kier alpha value is -1.91. The Bertz CT molecular complexity index is 869. The lowest BCUT2D eigenvalue weighted by Gasteiger charge is -2.14. The molecule has 0 unspecified atom stereocenters. The maximum atomic E-state index is 11.8. The first-order valence-corrected chi connectivity index (χ1v) is 8.33. The van der Waals surface area contributed by atoms with Crippen molar-refractivity contribution in [3.63, 3.8) is 0 Å². The van der Waals surface area contributed by atoms with Crippen LogP contribution in [0.5, 0.6) is 0 Å². The maximum absolute atomic E-state index is 11.8. The molecule has 2 aromatic heterocycles. The van der Waals surface area contributed by atoms with Crippen molar-refractivity contribution >= 4 is 18.8 Å². The second-order valence-corrected chi connectivity index (χ2v) is 6.63. The molecule has 124 valence electrons. The fraction of sp³-hybridized carbons (Fsp3) is 0.455. The molecule has 11 nitrogen and oxygen atoms in total. The molecule has 23 heavy (non-hydrogen) atoms. The molecular weight excluding hydrogens is 329 g/mol. The molecule has 0 spiro atoms. The first-order chi connectivity index (χ1) is 10.7. The van der Waals surface area contributed by atoms with Crippen molar-refractivity contribution in [1.29, 1.82) is 0 Å². The number of rotatable bonds is 3. The number of hydrogen-bond donors (Lipinski definition) is 4. The van der Waals surface area contributed by atoms with Crippen LogP contribution in [0.3, 0.4) is 0 Å². The van der Waals surface area contributed by atoms with Crippen molar-refractivity contribution in [2.45, 2.75) is 31.8 Å². The number of aliphatic hydroxyl groups excluding tert-OH is 1. The number of fused-ring (bicyclic) bond motifs is 1. The van der Waals surface area contributed by atoms with Crippen LogP contribution < -0.4 is 5.56 Å². The molecular formula is C11H14N5O6P. The fourth-order valence-corrected chi connectivity index (χ4v) is 2.77. The van der Waals surface area contributed by atoms with Gasteiger partial charge in [-0.3, -0.25) is 9.36 Å². The third-order valence-electron chi connectivity index (χ3n) is 3.31. The minimum atomic E-state index is -4.30. The maximum Gasteiger partial charge on any atom is 0.348 e. The van der Waals surface area contributed by atoms with E-state index in [9.17, 15) is 14.5 Å². The van der Waals surface area contributed by atoms with Gasteiger partial charge in [-0.15, -0.1) is 5.10 Å². The van der Waals surface area contributed by atoms with Crippen molar-refractivity contribution in [3.05, 3.63) is 28.1 Å². The van der Waals surface area contributed by atoms with Crippen LogP contribution in [0.25, 0.3) is 11.2 Å². The van der Waals surface area contributed by atoms with Crippen LogP contribution in [0.4, 0.5) is 0 Å². The summed E-state index contributed by atoms with van der Waals surface area (Å²) in [5.74, 6) is 1.08. The van der Waals surface area contributed by atoms with Gasteiger partial charge in [0, 0.05) is 12.2 Å². The largest absolute Gasteiger partial charge is 0.388 e. The number of nitrogens with one attached hydrogen (secondary N) is 1. The smallest absolute Gasteiger partial charge is 0.348 e. The van der Waals surface area contributed by atoms with Crippen molar-refractivity contribution < 1.29 is 24.2 Å². The molecule has 0 radical (unpaired) electrons. The number of aryl methyl sites for hydroxylation is 1. The van der Waals surface area contributed by atoms with Crippen molar-refractivity contribution in [2.75, 3.05) is 0 Å². The van der Waals surface area contributed by atoms with Gasteiger partial charge in [-0.25, -0.2) is 4.98 Å². The minimum absolute atomic E-state index is 0.0145. The summed E-state index contributed by atoms with van der Waals surface area (Å²) in [6.07, 6.45) is -1.35. The highest BCUT2D eigenvalue weighted by molar-refractivity contribution is 7.55. The number of ether oxygens (including phenoxy) is 1. The minimum Gasteiger partial charge on any atom is -0.388 e. The van der Waals surface area contributed by atoms with Crippen LogP contribution in [-0.2, 0) is 9.30 Å². The molecule has 2 aromatic rings. The number of aromatic nitrogens is 5. The molecule has 3 heterocycles. The molecule has 0 aromatic carbocycles. The van der Waals surface area contributed by atoms with E-state index in [4.69, 9.17) is 14.5 Å². The van der Waals surface area contributed by atoms with Gasteiger partial charge in [0.2, 0.25) is 0 Å². The molecule has 3 atom stereocenters. The Morgan fingerprint density at radius 3 is 2.91 bits per heavy atom. The average molecular weight is 343 g/mol. The molecule has 0 bridgehead atoms. The molecule has 0 aliphatic carbocycles. The van der Waals surface area contributed by atoms with Gasteiger partial charge in [-0.05, 0) is 13.0 Å². The Labute approximate surface area is 128 Å². The summed E-state index contributed by atoms with van der Waals surface area (Å²) in [6.45, 7) is 1.59. The highest BCUT2D eigenvalue weighted by atomic mass is 31.2. The number of aliphatic hydroxyl groups is 1. The zero-order valence-electron chi connectivity index (χ0n) is 11.9. The third-order valence-corrected chi connectivity index (χ3v) is 3.87. The van der Waals surface area contributed by atoms with Gasteiger partial charge in [-0.1, -0.05) is 5.21 Å². The molecule has 12 heteroatoms. The monoisotopic (exact) mass is 343 g/mol. The molecule has 1 aliphatic rings. The van der Waals surface area contributed by atoms with Gasteiger partial charge < -0.3 is 24.6 Å². The average Bonchev–Trinajstić information content (AvgIpc) is 2.99. The van der Waals surface area contributed by atoms with E-state index in [1.165, 1.54) is 10.8 Å². The normalized spacial score (nSPS) is 25.7. The number of hydrogen-bond acceptors (Lipinski definition) is 7. The standard InChI is InChI=1S/C11H14N5O6P/c1-5-12-9-8(10(18)13-5)14-15-16(9)11-7(17)4-6(22-11)2-3-23(19,20)21/h2-3,6-7,11,17H,4H2,1H3,(H,12,13,18)(H2,19,20,21)/b3-2+/t6-,7-,11-/m1/s1. The Balaban J connectivity index is 1.92. The van der Waals surface area contributed by atoms with E-state index in [2.05, 4.69) is 20.3 Å². The van der Waals surface area contributed by atoms with Gasteiger partial charge in [0.1, 0.15) is 11.9 Å².